The number of ether oxygens (including phenoxy) is 1. The first-order valence-electron chi connectivity index (χ1n) is 6.44. The first-order chi connectivity index (χ1) is 9.28. The third-order valence-electron chi connectivity index (χ3n) is 2.59. The van der Waals surface area contributed by atoms with Gasteiger partial charge in [-0.05, 0) is 42.8 Å². The molecule has 0 aliphatic rings. The van der Waals surface area contributed by atoms with Gasteiger partial charge >= 0.3 is 0 Å². The smallest absolute Gasteiger partial charge is 0.127 e. The van der Waals surface area contributed by atoms with Crippen LogP contribution < -0.4 is 10.5 Å². The molecule has 0 atom stereocenters. The molecule has 0 aliphatic heterocycles. The van der Waals surface area contributed by atoms with Gasteiger partial charge in [-0.3, -0.25) is 0 Å². The Hall–Kier alpha value is -2.29. The molecule has 2 aromatic rings. The second-order valence-electron chi connectivity index (χ2n) is 4.26. The zero-order valence-corrected chi connectivity index (χ0v) is 11.0. The fourth-order valence-electron chi connectivity index (χ4n) is 1.69. The van der Waals surface area contributed by atoms with E-state index < -0.39 is 0 Å². The lowest BCUT2D eigenvalue weighted by Crippen LogP contribution is -2.09. The molecule has 3 heteroatoms. The molecule has 3 nitrogen and oxygen atoms in total. The predicted octanol–water partition coefficient (Wildman–Crippen LogP) is 4.27. The van der Waals surface area contributed by atoms with E-state index in [-0.39, 0.29) is 0 Å². The fraction of sp³-hybridized carbons (Fsp3) is 0.188. The molecule has 0 unspecified atom stereocenters. The Bertz CT molecular complexity index is 532. The topological polar surface area (TPSA) is 47.6 Å². The summed E-state index contributed by atoms with van der Waals surface area (Å²) in [5.41, 5.74) is 6.65. The lowest BCUT2D eigenvalue weighted by molar-refractivity contribution is 0.483. The molecule has 0 spiro atoms. The van der Waals surface area contributed by atoms with Gasteiger partial charge in [0.15, 0.2) is 0 Å². The van der Waals surface area contributed by atoms with Gasteiger partial charge in [0.25, 0.3) is 0 Å². The van der Waals surface area contributed by atoms with E-state index in [4.69, 9.17) is 10.5 Å². The minimum atomic E-state index is 0.666. The monoisotopic (exact) mass is 254 g/mol. The van der Waals surface area contributed by atoms with Gasteiger partial charge < -0.3 is 10.5 Å². The van der Waals surface area contributed by atoms with Crippen molar-refractivity contribution < 1.29 is 4.74 Å². The van der Waals surface area contributed by atoms with Crippen LogP contribution in [0.4, 0.5) is 5.69 Å². The van der Waals surface area contributed by atoms with Gasteiger partial charge in [0, 0.05) is 6.42 Å². The third-order valence-corrected chi connectivity index (χ3v) is 2.59. The summed E-state index contributed by atoms with van der Waals surface area (Å²) in [5, 5.41) is 0. The van der Waals surface area contributed by atoms with Crippen LogP contribution in [0, 0.1) is 0 Å². The summed E-state index contributed by atoms with van der Waals surface area (Å²) in [6, 6.07) is 17.3. The van der Waals surface area contributed by atoms with E-state index in [1.54, 1.807) is 0 Å². The van der Waals surface area contributed by atoms with Crippen molar-refractivity contribution in [2.45, 2.75) is 19.8 Å². The lowest BCUT2D eigenvalue weighted by atomic mass is 10.3. The maximum absolute atomic E-state index is 5.80. The number of para-hydroxylation sites is 1. The zero-order valence-electron chi connectivity index (χ0n) is 11.0. The van der Waals surface area contributed by atoms with E-state index in [9.17, 15) is 0 Å². The molecule has 0 radical (unpaired) electrons. The molecule has 0 saturated heterocycles. The normalized spacial score (nSPS) is 11.3. The van der Waals surface area contributed by atoms with Crippen molar-refractivity contribution in [2.24, 2.45) is 10.7 Å². The average Bonchev–Trinajstić information content (AvgIpc) is 2.42. The van der Waals surface area contributed by atoms with Crippen LogP contribution in [-0.2, 0) is 0 Å². The highest BCUT2D eigenvalue weighted by atomic mass is 16.5. The summed E-state index contributed by atoms with van der Waals surface area (Å²) in [6.07, 6.45) is 1.83. The molecule has 2 aromatic carbocycles. The second kappa shape index (κ2) is 6.59. The maximum Gasteiger partial charge on any atom is 0.127 e. The average molecular weight is 254 g/mol. The summed E-state index contributed by atoms with van der Waals surface area (Å²) in [4.78, 5) is 4.34. The van der Waals surface area contributed by atoms with E-state index in [1.165, 1.54) is 0 Å². The number of aliphatic imine (C=N–C) groups is 1. The summed E-state index contributed by atoms with van der Waals surface area (Å²) < 4.78 is 5.71. The molecule has 0 aliphatic carbocycles. The minimum absolute atomic E-state index is 0.666. The quantitative estimate of drug-likeness (QED) is 0.640. The highest BCUT2D eigenvalue weighted by Crippen LogP contribution is 2.23. The predicted molar refractivity (Wildman–Crippen MR) is 79.1 cm³/mol. The molecule has 98 valence electrons. The highest BCUT2D eigenvalue weighted by Gasteiger charge is 1.97. The van der Waals surface area contributed by atoms with Crippen LogP contribution in [0.25, 0.3) is 0 Å². The van der Waals surface area contributed by atoms with Crippen LogP contribution in [-0.4, -0.2) is 5.84 Å². The van der Waals surface area contributed by atoms with Gasteiger partial charge in [-0.15, -0.1) is 0 Å². The van der Waals surface area contributed by atoms with E-state index in [0.717, 1.165) is 30.0 Å². The number of rotatable bonds is 5. The first-order valence-corrected chi connectivity index (χ1v) is 6.44. The highest BCUT2D eigenvalue weighted by molar-refractivity contribution is 5.83. The molecule has 0 heterocycles. The van der Waals surface area contributed by atoms with Crippen LogP contribution in [0.2, 0.25) is 0 Å². The number of hydrogen-bond acceptors (Lipinski definition) is 2. The van der Waals surface area contributed by atoms with Crippen molar-refractivity contribution in [3.05, 3.63) is 54.6 Å². The molecule has 0 fully saturated rings. The molecule has 0 saturated carbocycles. The van der Waals surface area contributed by atoms with Gasteiger partial charge in [-0.25, -0.2) is 4.99 Å². The van der Waals surface area contributed by atoms with Crippen LogP contribution in [0.15, 0.2) is 59.6 Å². The number of nitrogens with zero attached hydrogens (tertiary/aromatic N) is 1. The van der Waals surface area contributed by atoms with Crippen molar-refractivity contribution in [1.82, 2.24) is 0 Å². The SMILES string of the molecule is CCCC(N)=Nc1ccc(Oc2ccccc2)cc1. The Labute approximate surface area is 113 Å². The van der Waals surface area contributed by atoms with Gasteiger partial charge in [0.1, 0.15) is 11.5 Å². The van der Waals surface area contributed by atoms with Gasteiger partial charge in [-0.1, -0.05) is 25.1 Å². The standard InChI is InChI=1S/C16H18N2O/c1-2-6-16(17)18-13-9-11-15(12-10-13)19-14-7-4-3-5-8-14/h3-5,7-12H,2,6H2,1H3,(H2,17,18). The summed E-state index contributed by atoms with van der Waals surface area (Å²) in [6.45, 7) is 2.08. The van der Waals surface area contributed by atoms with Gasteiger partial charge in [0.2, 0.25) is 0 Å². The number of benzene rings is 2. The van der Waals surface area contributed by atoms with Crippen LogP contribution >= 0.6 is 0 Å². The minimum Gasteiger partial charge on any atom is -0.457 e. The second-order valence-corrected chi connectivity index (χ2v) is 4.26. The Balaban J connectivity index is 2.04. The van der Waals surface area contributed by atoms with Crippen molar-refractivity contribution in [3.63, 3.8) is 0 Å². The number of hydrogen-bond donors (Lipinski definition) is 1. The largest absolute Gasteiger partial charge is 0.457 e. The van der Waals surface area contributed by atoms with Crippen molar-refractivity contribution in [1.29, 1.82) is 0 Å². The van der Waals surface area contributed by atoms with E-state index in [2.05, 4.69) is 11.9 Å². The summed E-state index contributed by atoms with van der Waals surface area (Å²) in [5.74, 6) is 2.28. The Morgan fingerprint density at radius 1 is 1.00 bits per heavy atom. The molecule has 0 bridgehead atoms. The maximum atomic E-state index is 5.80. The van der Waals surface area contributed by atoms with Crippen molar-refractivity contribution in [2.75, 3.05) is 0 Å². The third kappa shape index (κ3) is 4.14. The van der Waals surface area contributed by atoms with Gasteiger partial charge in [-0.2, -0.15) is 0 Å². The van der Waals surface area contributed by atoms with E-state index in [1.807, 2.05) is 54.6 Å². The molecule has 19 heavy (non-hydrogen) atoms. The molecule has 0 aromatic heterocycles. The fourth-order valence-corrected chi connectivity index (χ4v) is 1.69. The Kier molecular flexibility index (Phi) is 4.56. The summed E-state index contributed by atoms with van der Waals surface area (Å²) in [7, 11) is 0. The Morgan fingerprint density at radius 3 is 2.26 bits per heavy atom. The van der Waals surface area contributed by atoms with E-state index >= 15 is 0 Å². The lowest BCUT2D eigenvalue weighted by Gasteiger charge is -2.05. The zero-order chi connectivity index (χ0) is 13.5. The van der Waals surface area contributed by atoms with Crippen LogP contribution in [0.3, 0.4) is 0 Å². The number of nitrogens with two attached hydrogens (primary N) is 1. The molecular formula is C16H18N2O. The van der Waals surface area contributed by atoms with Crippen molar-refractivity contribution >= 4 is 11.5 Å². The van der Waals surface area contributed by atoms with Crippen LogP contribution in [0.5, 0.6) is 11.5 Å². The molecule has 2 N–H and O–H groups in total. The van der Waals surface area contributed by atoms with Crippen LogP contribution in [0.1, 0.15) is 19.8 Å². The molecule has 2 rings (SSSR count). The molecule has 0 amide bonds. The van der Waals surface area contributed by atoms with Crippen molar-refractivity contribution in [3.8, 4) is 11.5 Å². The Morgan fingerprint density at radius 2 is 1.63 bits per heavy atom. The van der Waals surface area contributed by atoms with E-state index in [0.29, 0.717) is 5.84 Å². The molecular weight excluding hydrogens is 236 g/mol. The number of amidine groups is 1. The van der Waals surface area contributed by atoms with Gasteiger partial charge in [0.05, 0.1) is 11.5 Å². The first kappa shape index (κ1) is 13.1. The summed E-state index contributed by atoms with van der Waals surface area (Å²) >= 11 is 0.